The summed E-state index contributed by atoms with van der Waals surface area (Å²) >= 11 is 0. The van der Waals surface area contributed by atoms with Crippen LogP contribution in [0.5, 0.6) is 0 Å². The highest BCUT2D eigenvalue weighted by atomic mass is 16.6. The number of unbranched alkanes of at least 4 members (excludes halogenated alkanes) is 33. The number of hydrogen-bond acceptors (Lipinski definition) is 6. The minimum Gasteiger partial charge on any atom is -0.462 e. The van der Waals surface area contributed by atoms with Gasteiger partial charge in [-0.1, -0.05) is 273 Å². The molecule has 1 unspecified atom stereocenters. The molecule has 0 saturated heterocycles. The van der Waals surface area contributed by atoms with Crippen molar-refractivity contribution in [2.75, 3.05) is 13.2 Å². The predicted molar refractivity (Wildman–Crippen MR) is 325 cm³/mol. The van der Waals surface area contributed by atoms with Gasteiger partial charge in [0.1, 0.15) is 13.2 Å². The zero-order valence-corrected chi connectivity index (χ0v) is 49.6. The molecule has 0 aliphatic rings. The lowest BCUT2D eigenvalue weighted by atomic mass is 10.0. The molecule has 0 radical (unpaired) electrons. The molecular formula is C69H120O6. The minimum absolute atomic E-state index is 0.0804. The van der Waals surface area contributed by atoms with Crippen molar-refractivity contribution in [3.05, 3.63) is 85.1 Å². The van der Waals surface area contributed by atoms with E-state index in [0.29, 0.717) is 19.3 Å². The van der Waals surface area contributed by atoms with Crippen molar-refractivity contribution < 1.29 is 28.6 Å². The van der Waals surface area contributed by atoms with E-state index < -0.39 is 6.10 Å². The third kappa shape index (κ3) is 61.3. The molecule has 0 aliphatic carbocycles. The standard InChI is InChI=1S/C69H120O6/c1-4-7-10-13-16-19-22-24-26-28-30-32-33-34-35-37-38-40-42-44-47-50-53-56-59-62-68(71)74-65-66(64-73-67(70)61-58-55-52-49-46-21-18-15-12-9-6-3)75-69(72)63-60-57-54-51-48-45-43-41-39-36-31-29-27-25-23-20-17-14-11-8-5-2/h7,10,15-16,18-19,23-26,29-32,66H,4-6,8-9,11-14,17,20-22,27-28,33-65H2,1-3H3/b10-7-,18-15-,19-16-,25-23-,26-24-,31-29-,32-30-. The molecule has 6 heteroatoms. The molecule has 0 rings (SSSR count). The van der Waals surface area contributed by atoms with Crippen molar-refractivity contribution in [3.63, 3.8) is 0 Å². The zero-order chi connectivity index (χ0) is 54.3. The summed E-state index contributed by atoms with van der Waals surface area (Å²) in [6.45, 7) is 6.50. The third-order valence-corrected chi connectivity index (χ3v) is 13.9. The first-order chi connectivity index (χ1) is 37.0. The molecule has 0 aliphatic heterocycles. The van der Waals surface area contributed by atoms with Crippen LogP contribution in [0.25, 0.3) is 0 Å². The molecule has 0 saturated carbocycles. The van der Waals surface area contributed by atoms with Gasteiger partial charge in [0.25, 0.3) is 0 Å². The highest BCUT2D eigenvalue weighted by Gasteiger charge is 2.19. The lowest BCUT2D eigenvalue weighted by Crippen LogP contribution is -2.30. The summed E-state index contributed by atoms with van der Waals surface area (Å²) < 4.78 is 16.9. The van der Waals surface area contributed by atoms with Gasteiger partial charge in [-0.05, 0) is 109 Å². The van der Waals surface area contributed by atoms with Crippen LogP contribution in [0, 0.1) is 0 Å². The normalized spacial score (nSPS) is 12.6. The molecule has 0 aromatic carbocycles. The number of ether oxygens (including phenoxy) is 3. The smallest absolute Gasteiger partial charge is 0.306 e. The van der Waals surface area contributed by atoms with Gasteiger partial charge in [-0.15, -0.1) is 0 Å². The van der Waals surface area contributed by atoms with E-state index in [1.807, 2.05) is 0 Å². The van der Waals surface area contributed by atoms with Crippen molar-refractivity contribution in [2.24, 2.45) is 0 Å². The van der Waals surface area contributed by atoms with Crippen molar-refractivity contribution >= 4 is 17.9 Å². The van der Waals surface area contributed by atoms with E-state index in [1.54, 1.807) is 0 Å². The van der Waals surface area contributed by atoms with Gasteiger partial charge >= 0.3 is 17.9 Å². The maximum Gasteiger partial charge on any atom is 0.306 e. The second-order valence-corrected chi connectivity index (χ2v) is 21.3. The first-order valence-electron chi connectivity index (χ1n) is 32.1. The Labute approximate surface area is 465 Å². The highest BCUT2D eigenvalue weighted by Crippen LogP contribution is 2.16. The summed E-state index contributed by atoms with van der Waals surface area (Å²) in [6.07, 6.45) is 83.1. The molecule has 1 atom stereocenters. The van der Waals surface area contributed by atoms with Gasteiger partial charge in [0, 0.05) is 19.3 Å². The molecule has 0 fully saturated rings. The van der Waals surface area contributed by atoms with Crippen LogP contribution in [0.3, 0.4) is 0 Å². The van der Waals surface area contributed by atoms with Crippen LogP contribution in [-0.2, 0) is 28.6 Å². The van der Waals surface area contributed by atoms with E-state index in [0.717, 1.165) is 96.3 Å². The molecule has 0 bridgehead atoms. The SMILES string of the molecule is CC/C=C\C/C=C\C/C=C\C/C=C\CCCCCCCCCCCCCCC(=O)OCC(COC(=O)CCCCCCC/C=C\CCCC)OC(=O)CCCCCCCCCCC/C=C\C/C=C\CCCCCCC. The van der Waals surface area contributed by atoms with Crippen LogP contribution in [-0.4, -0.2) is 37.2 Å². The second kappa shape index (κ2) is 63.1. The topological polar surface area (TPSA) is 78.9 Å². The van der Waals surface area contributed by atoms with Gasteiger partial charge in [0.05, 0.1) is 0 Å². The Morgan fingerprint density at radius 3 is 0.867 bits per heavy atom. The van der Waals surface area contributed by atoms with Gasteiger partial charge in [0.15, 0.2) is 6.10 Å². The maximum absolute atomic E-state index is 12.9. The number of esters is 3. The average molecular weight is 1050 g/mol. The van der Waals surface area contributed by atoms with Gasteiger partial charge in [-0.3, -0.25) is 14.4 Å². The molecule has 6 nitrogen and oxygen atoms in total. The van der Waals surface area contributed by atoms with E-state index in [1.165, 1.54) is 180 Å². The molecule has 0 amide bonds. The number of allylic oxidation sites excluding steroid dienone is 14. The van der Waals surface area contributed by atoms with Crippen LogP contribution < -0.4 is 0 Å². The van der Waals surface area contributed by atoms with Crippen LogP contribution in [0.2, 0.25) is 0 Å². The van der Waals surface area contributed by atoms with Crippen molar-refractivity contribution in [1.82, 2.24) is 0 Å². The van der Waals surface area contributed by atoms with E-state index >= 15 is 0 Å². The lowest BCUT2D eigenvalue weighted by molar-refractivity contribution is -0.167. The van der Waals surface area contributed by atoms with Crippen LogP contribution in [0.15, 0.2) is 85.1 Å². The van der Waals surface area contributed by atoms with Crippen LogP contribution >= 0.6 is 0 Å². The molecule has 432 valence electrons. The van der Waals surface area contributed by atoms with Gasteiger partial charge in [0.2, 0.25) is 0 Å². The summed E-state index contributed by atoms with van der Waals surface area (Å²) in [5, 5.41) is 0. The van der Waals surface area contributed by atoms with Crippen molar-refractivity contribution in [2.45, 2.75) is 322 Å². The van der Waals surface area contributed by atoms with Gasteiger partial charge in [-0.25, -0.2) is 0 Å². The lowest BCUT2D eigenvalue weighted by Gasteiger charge is -2.18. The molecule has 0 N–H and O–H groups in total. The predicted octanol–water partition coefficient (Wildman–Crippen LogP) is 21.9. The Kier molecular flexibility index (Phi) is 60.3. The minimum atomic E-state index is -0.783. The second-order valence-electron chi connectivity index (χ2n) is 21.3. The maximum atomic E-state index is 12.9. The van der Waals surface area contributed by atoms with E-state index in [-0.39, 0.29) is 31.1 Å². The first-order valence-corrected chi connectivity index (χ1v) is 32.1. The molecule has 0 spiro atoms. The summed E-state index contributed by atoms with van der Waals surface area (Å²) in [4.78, 5) is 38.3. The van der Waals surface area contributed by atoms with E-state index in [9.17, 15) is 14.4 Å². The Morgan fingerprint density at radius 1 is 0.280 bits per heavy atom. The van der Waals surface area contributed by atoms with E-state index in [2.05, 4.69) is 106 Å². The number of carbonyl (C=O) groups excluding carboxylic acids is 3. The van der Waals surface area contributed by atoms with E-state index in [4.69, 9.17) is 14.2 Å². The Bertz CT molecular complexity index is 1430. The molecular weight excluding hydrogens is 925 g/mol. The summed E-state index contributed by atoms with van der Waals surface area (Å²) in [5.41, 5.74) is 0. The Hall–Kier alpha value is -3.41. The fourth-order valence-electron chi connectivity index (χ4n) is 9.03. The van der Waals surface area contributed by atoms with Crippen molar-refractivity contribution in [1.29, 1.82) is 0 Å². The van der Waals surface area contributed by atoms with Crippen molar-refractivity contribution in [3.8, 4) is 0 Å². The third-order valence-electron chi connectivity index (χ3n) is 13.9. The summed E-state index contributed by atoms with van der Waals surface area (Å²) in [5.74, 6) is -0.885. The Balaban J connectivity index is 4.27. The van der Waals surface area contributed by atoms with Gasteiger partial charge in [-0.2, -0.15) is 0 Å². The molecule has 0 heterocycles. The summed E-state index contributed by atoms with van der Waals surface area (Å²) in [7, 11) is 0. The monoisotopic (exact) mass is 1040 g/mol. The molecule has 0 aromatic heterocycles. The van der Waals surface area contributed by atoms with Crippen LogP contribution in [0.4, 0.5) is 0 Å². The van der Waals surface area contributed by atoms with Gasteiger partial charge < -0.3 is 14.2 Å². The average Bonchev–Trinajstić information content (AvgIpc) is 3.41. The summed E-state index contributed by atoms with van der Waals surface area (Å²) in [6, 6.07) is 0. The Morgan fingerprint density at radius 2 is 0.533 bits per heavy atom. The first kappa shape index (κ1) is 71.6. The zero-order valence-electron chi connectivity index (χ0n) is 49.6. The fraction of sp³-hybridized carbons (Fsp3) is 0.754. The highest BCUT2D eigenvalue weighted by molar-refractivity contribution is 5.71. The number of rotatable bonds is 58. The molecule has 75 heavy (non-hydrogen) atoms. The number of hydrogen-bond donors (Lipinski definition) is 0. The number of carbonyl (C=O) groups is 3. The largest absolute Gasteiger partial charge is 0.462 e. The fourth-order valence-corrected chi connectivity index (χ4v) is 9.03. The van der Waals surface area contributed by atoms with Crippen LogP contribution in [0.1, 0.15) is 316 Å². The molecule has 0 aromatic rings. The quantitative estimate of drug-likeness (QED) is 0.0261.